The van der Waals surface area contributed by atoms with Crippen molar-refractivity contribution in [3.63, 3.8) is 0 Å². The number of aliphatic hydroxyl groups is 2. The summed E-state index contributed by atoms with van der Waals surface area (Å²) >= 11 is 0. The summed E-state index contributed by atoms with van der Waals surface area (Å²) in [6, 6.07) is 7.19. The Morgan fingerprint density at radius 3 is 2.59 bits per heavy atom. The van der Waals surface area contributed by atoms with Gasteiger partial charge in [-0.25, -0.2) is 13.3 Å². The zero-order chi connectivity index (χ0) is 23.9. The minimum Gasteiger partial charge on any atom is -0.393 e. The number of benzene rings is 1. The minimum absolute atomic E-state index is 0.0803. The van der Waals surface area contributed by atoms with Gasteiger partial charge in [0.15, 0.2) is 0 Å². The van der Waals surface area contributed by atoms with Crippen LogP contribution in [0.15, 0.2) is 42.7 Å². The second-order valence-electron chi connectivity index (χ2n) is 9.46. The van der Waals surface area contributed by atoms with Gasteiger partial charge in [-0.05, 0) is 68.4 Å². The number of nitrogens with zero attached hydrogens (tertiary/aromatic N) is 3. The lowest BCUT2D eigenvalue weighted by atomic mass is 9.83. The molecule has 3 heterocycles. The van der Waals surface area contributed by atoms with Gasteiger partial charge in [-0.2, -0.15) is 5.10 Å². The molecule has 0 radical (unpaired) electrons. The molecule has 1 saturated carbocycles. The number of aromatic nitrogens is 2. The fourth-order valence-corrected chi connectivity index (χ4v) is 5.23. The largest absolute Gasteiger partial charge is 0.393 e. The molecular formula is C25H28F2N4O3. The molecule has 2 fully saturated rings. The Labute approximate surface area is 196 Å². The third-order valence-corrected chi connectivity index (χ3v) is 7.15. The smallest absolute Gasteiger partial charge is 0.255 e. The van der Waals surface area contributed by atoms with Crippen LogP contribution in [0.3, 0.4) is 0 Å². The molecule has 1 aliphatic heterocycles. The van der Waals surface area contributed by atoms with Crippen LogP contribution in [0.2, 0.25) is 0 Å². The van der Waals surface area contributed by atoms with Crippen LogP contribution in [-0.4, -0.2) is 50.5 Å². The first-order valence-corrected chi connectivity index (χ1v) is 11.7. The van der Waals surface area contributed by atoms with E-state index in [-0.39, 0.29) is 24.6 Å². The molecule has 7 nitrogen and oxygen atoms in total. The third-order valence-electron chi connectivity index (χ3n) is 7.15. The summed E-state index contributed by atoms with van der Waals surface area (Å²) in [6.45, 7) is 0.467. The summed E-state index contributed by atoms with van der Waals surface area (Å²) in [5.41, 5.74) is 1.49. The number of fused-ring (bicyclic) bond motifs is 1. The first-order chi connectivity index (χ1) is 16.3. The van der Waals surface area contributed by atoms with Gasteiger partial charge in [0.05, 0.1) is 35.5 Å². The zero-order valence-corrected chi connectivity index (χ0v) is 18.8. The summed E-state index contributed by atoms with van der Waals surface area (Å²) in [6.07, 6.45) is 7.04. The highest BCUT2D eigenvalue weighted by Crippen LogP contribution is 2.37. The van der Waals surface area contributed by atoms with Gasteiger partial charge >= 0.3 is 0 Å². The molecule has 0 spiro atoms. The van der Waals surface area contributed by atoms with Crippen LogP contribution >= 0.6 is 0 Å². The topological polar surface area (TPSA) is 90.1 Å². The summed E-state index contributed by atoms with van der Waals surface area (Å²) in [5, 5.41) is 26.9. The summed E-state index contributed by atoms with van der Waals surface area (Å²) in [7, 11) is 0. The van der Waals surface area contributed by atoms with E-state index in [1.165, 1.54) is 18.3 Å². The van der Waals surface area contributed by atoms with Gasteiger partial charge in [0.1, 0.15) is 11.6 Å². The van der Waals surface area contributed by atoms with Gasteiger partial charge in [-0.3, -0.25) is 4.79 Å². The quantitative estimate of drug-likeness (QED) is 0.532. The molecule has 2 aliphatic rings. The highest BCUT2D eigenvalue weighted by atomic mass is 19.1. The van der Waals surface area contributed by atoms with E-state index in [1.807, 2.05) is 12.1 Å². The van der Waals surface area contributed by atoms with Gasteiger partial charge in [-0.15, -0.1) is 0 Å². The van der Waals surface area contributed by atoms with Crippen LogP contribution in [0.5, 0.6) is 0 Å². The van der Waals surface area contributed by atoms with Crippen LogP contribution in [0.25, 0.3) is 5.52 Å². The normalized spacial score (nSPS) is 25.1. The molecule has 1 aromatic carbocycles. The Kier molecular flexibility index (Phi) is 5.99. The molecule has 3 aromatic rings. The molecular weight excluding hydrogens is 442 g/mol. The summed E-state index contributed by atoms with van der Waals surface area (Å²) < 4.78 is 29.3. The van der Waals surface area contributed by atoms with Gasteiger partial charge in [0.2, 0.25) is 0 Å². The Hall–Kier alpha value is -3.04. The number of pyridine rings is 1. The molecule has 1 unspecified atom stereocenters. The second-order valence-corrected chi connectivity index (χ2v) is 9.46. The molecule has 1 atom stereocenters. The maximum atomic E-state index is 13.8. The Morgan fingerprint density at radius 1 is 1.15 bits per heavy atom. The van der Waals surface area contributed by atoms with Crippen molar-refractivity contribution in [2.75, 3.05) is 18.1 Å². The lowest BCUT2D eigenvalue weighted by molar-refractivity contribution is -0.0468. The number of rotatable bonds is 5. The van der Waals surface area contributed by atoms with E-state index in [2.05, 4.69) is 15.3 Å². The van der Waals surface area contributed by atoms with E-state index in [0.29, 0.717) is 42.3 Å². The van der Waals surface area contributed by atoms with E-state index in [9.17, 15) is 23.8 Å². The number of carbonyl (C=O) groups is 1. The SMILES string of the molecule is O=C(NC1CCC(O)(CO)CC1)c1cnn2ccc(N3CCCC3c3cc(F)cc(F)c3)cc12. The third kappa shape index (κ3) is 4.37. The highest BCUT2D eigenvalue weighted by Gasteiger charge is 2.33. The molecule has 2 aromatic heterocycles. The van der Waals surface area contributed by atoms with Crippen LogP contribution < -0.4 is 10.2 Å². The number of halogens is 2. The number of anilines is 1. The number of carbonyl (C=O) groups excluding carboxylic acids is 1. The number of hydrogen-bond acceptors (Lipinski definition) is 5. The Bertz CT molecular complexity index is 1190. The number of nitrogens with one attached hydrogen (secondary N) is 1. The van der Waals surface area contributed by atoms with Crippen molar-refractivity contribution < 1.29 is 23.8 Å². The Balaban J connectivity index is 1.37. The van der Waals surface area contributed by atoms with Crippen molar-refractivity contribution in [2.45, 2.75) is 56.2 Å². The van der Waals surface area contributed by atoms with E-state index < -0.39 is 17.2 Å². The van der Waals surface area contributed by atoms with Gasteiger partial charge in [0, 0.05) is 30.5 Å². The molecule has 5 rings (SSSR count). The fraction of sp³-hybridized carbons (Fsp3) is 0.440. The summed E-state index contributed by atoms with van der Waals surface area (Å²) in [4.78, 5) is 15.1. The van der Waals surface area contributed by atoms with Gasteiger partial charge in [-0.1, -0.05) is 0 Å². The van der Waals surface area contributed by atoms with Crippen molar-refractivity contribution in [3.05, 3.63) is 65.5 Å². The standard InChI is InChI=1S/C25H28F2N4O3/c26-17-10-16(11-18(27)12-17)22-2-1-8-30(22)20-5-9-31-23(13-20)21(14-28-31)24(33)29-19-3-6-25(34,15-32)7-4-19/h5,9-14,19,22,32,34H,1-4,6-8,15H2,(H,29,33). The molecule has 0 bridgehead atoms. The highest BCUT2D eigenvalue weighted by molar-refractivity contribution is 6.01. The van der Waals surface area contributed by atoms with Crippen LogP contribution in [0.1, 0.15) is 60.5 Å². The lowest BCUT2D eigenvalue weighted by Crippen LogP contribution is -2.45. The minimum atomic E-state index is -1.06. The maximum absolute atomic E-state index is 13.8. The predicted octanol–water partition coefficient (Wildman–Crippen LogP) is 3.35. The molecule has 1 aliphatic carbocycles. The van der Waals surface area contributed by atoms with E-state index in [0.717, 1.165) is 31.1 Å². The number of aliphatic hydroxyl groups excluding tert-OH is 1. The first kappa shape index (κ1) is 22.7. The average molecular weight is 471 g/mol. The van der Waals surface area contributed by atoms with Crippen molar-refractivity contribution in [2.24, 2.45) is 0 Å². The van der Waals surface area contributed by atoms with E-state index >= 15 is 0 Å². The fourth-order valence-electron chi connectivity index (χ4n) is 5.23. The number of amides is 1. The predicted molar refractivity (Wildman–Crippen MR) is 123 cm³/mol. The van der Waals surface area contributed by atoms with Crippen LogP contribution in [0.4, 0.5) is 14.5 Å². The van der Waals surface area contributed by atoms with Crippen LogP contribution in [-0.2, 0) is 0 Å². The molecule has 9 heteroatoms. The van der Waals surface area contributed by atoms with Crippen molar-refractivity contribution in [1.82, 2.24) is 14.9 Å². The van der Waals surface area contributed by atoms with Gasteiger partial charge < -0.3 is 20.4 Å². The van der Waals surface area contributed by atoms with Gasteiger partial charge in [0.25, 0.3) is 5.91 Å². The molecule has 1 amide bonds. The van der Waals surface area contributed by atoms with Crippen LogP contribution in [0, 0.1) is 11.6 Å². The molecule has 1 saturated heterocycles. The van der Waals surface area contributed by atoms with E-state index in [4.69, 9.17) is 0 Å². The Morgan fingerprint density at radius 2 is 1.88 bits per heavy atom. The number of hydrogen-bond donors (Lipinski definition) is 3. The van der Waals surface area contributed by atoms with Crippen molar-refractivity contribution in [3.8, 4) is 0 Å². The average Bonchev–Trinajstić information content (AvgIpc) is 3.47. The molecule has 180 valence electrons. The summed E-state index contributed by atoms with van der Waals surface area (Å²) in [5.74, 6) is -1.42. The zero-order valence-electron chi connectivity index (χ0n) is 18.8. The molecule has 34 heavy (non-hydrogen) atoms. The maximum Gasteiger partial charge on any atom is 0.255 e. The monoisotopic (exact) mass is 470 g/mol. The lowest BCUT2D eigenvalue weighted by Gasteiger charge is -2.34. The van der Waals surface area contributed by atoms with E-state index in [1.54, 1.807) is 10.7 Å². The first-order valence-electron chi connectivity index (χ1n) is 11.7. The second kappa shape index (κ2) is 8.96. The van der Waals surface area contributed by atoms with Crippen molar-refractivity contribution in [1.29, 1.82) is 0 Å². The molecule has 3 N–H and O–H groups in total. The van der Waals surface area contributed by atoms with Crippen molar-refractivity contribution >= 4 is 17.1 Å².